The van der Waals surface area contributed by atoms with Gasteiger partial charge in [0.2, 0.25) is 5.91 Å². The van der Waals surface area contributed by atoms with Gasteiger partial charge in [0.15, 0.2) is 0 Å². The van der Waals surface area contributed by atoms with Crippen molar-refractivity contribution in [2.45, 2.75) is 44.9 Å². The van der Waals surface area contributed by atoms with Crippen LogP contribution in [-0.4, -0.2) is 29.1 Å². The highest BCUT2D eigenvalue weighted by Crippen LogP contribution is 2.35. The van der Waals surface area contributed by atoms with Gasteiger partial charge in [0.25, 0.3) is 0 Å². The highest BCUT2D eigenvalue weighted by molar-refractivity contribution is 7.81. The van der Waals surface area contributed by atoms with E-state index in [-0.39, 0.29) is 11.2 Å². The lowest BCUT2D eigenvalue weighted by Gasteiger charge is -2.28. The first-order valence-electron chi connectivity index (χ1n) is 5.40. The van der Waals surface area contributed by atoms with Crippen LogP contribution in [0.25, 0.3) is 0 Å². The second kappa shape index (κ2) is 4.56. The summed E-state index contributed by atoms with van der Waals surface area (Å²) in [7, 11) is 1.90. The Labute approximate surface area is 92.5 Å². The van der Waals surface area contributed by atoms with Crippen molar-refractivity contribution in [3.63, 3.8) is 0 Å². The third-order valence-electron chi connectivity index (χ3n) is 3.15. The van der Waals surface area contributed by atoms with Crippen LogP contribution in [0.3, 0.4) is 0 Å². The molecule has 0 aromatic carbocycles. The van der Waals surface area contributed by atoms with Crippen LogP contribution in [0.1, 0.15) is 33.6 Å². The van der Waals surface area contributed by atoms with Crippen molar-refractivity contribution in [1.82, 2.24) is 4.90 Å². The first kappa shape index (κ1) is 11.9. The molecule has 1 amide bonds. The zero-order valence-electron chi connectivity index (χ0n) is 9.53. The molecule has 0 N–H and O–H groups in total. The van der Waals surface area contributed by atoms with E-state index in [9.17, 15) is 4.79 Å². The fraction of sp³-hybridized carbons (Fsp3) is 0.909. The second-order valence-corrected chi connectivity index (χ2v) is 5.27. The molecule has 0 spiro atoms. The normalized spacial score (nSPS) is 20.7. The van der Waals surface area contributed by atoms with E-state index in [4.69, 9.17) is 0 Å². The van der Waals surface area contributed by atoms with Crippen molar-refractivity contribution < 1.29 is 4.79 Å². The molecule has 14 heavy (non-hydrogen) atoms. The van der Waals surface area contributed by atoms with Crippen molar-refractivity contribution in [3.05, 3.63) is 0 Å². The highest BCUT2D eigenvalue weighted by atomic mass is 32.1. The predicted molar refractivity (Wildman–Crippen MR) is 62.6 cm³/mol. The fourth-order valence-electron chi connectivity index (χ4n) is 1.59. The number of amides is 1. The first-order valence-corrected chi connectivity index (χ1v) is 5.91. The van der Waals surface area contributed by atoms with Gasteiger partial charge in [-0.1, -0.05) is 13.8 Å². The third-order valence-corrected chi connectivity index (χ3v) is 3.96. The van der Waals surface area contributed by atoms with Crippen LogP contribution >= 0.6 is 12.6 Å². The predicted octanol–water partition coefficient (Wildman–Crippen LogP) is 2.20. The van der Waals surface area contributed by atoms with E-state index in [0.717, 1.165) is 5.92 Å². The van der Waals surface area contributed by atoms with Gasteiger partial charge < -0.3 is 4.90 Å². The zero-order chi connectivity index (χ0) is 10.9. The number of hydrogen-bond donors (Lipinski definition) is 1. The number of carbonyl (C=O) groups excluding carboxylic acids is 1. The van der Waals surface area contributed by atoms with Gasteiger partial charge in [-0.15, -0.1) is 0 Å². The van der Waals surface area contributed by atoms with Gasteiger partial charge >= 0.3 is 0 Å². The van der Waals surface area contributed by atoms with E-state index < -0.39 is 0 Å². The molecule has 2 atom stereocenters. The van der Waals surface area contributed by atoms with Crippen LogP contribution in [0.2, 0.25) is 0 Å². The first-order chi connectivity index (χ1) is 6.45. The Bertz CT molecular complexity index is 213. The summed E-state index contributed by atoms with van der Waals surface area (Å²) in [5, 5.41) is -0.152. The number of hydrogen-bond acceptors (Lipinski definition) is 2. The third kappa shape index (κ3) is 2.66. The lowest BCUT2D eigenvalue weighted by molar-refractivity contribution is -0.132. The number of carbonyl (C=O) groups is 1. The van der Waals surface area contributed by atoms with E-state index in [0.29, 0.717) is 12.0 Å². The van der Waals surface area contributed by atoms with Crippen molar-refractivity contribution in [2.24, 2.45) is 11.8 Å². The smallest absolute Gasteiger partial charge is 0.235 e. The van der Waals surface area contributed by atoms with E-state index in [1.54, 1.807) is 0 Å². The average Bonchev–Trinajstić information content (AvgIpc) is 2.96. The maximum absolute atomic E-state index is 11.9. The number of rotatable bonds is 4. The molecule has 0 bridgehead atoms. The zero-order valence-corrected chi connectivity index (χ0v) is 10.4. The van der Waals surface area contributed by atoms with Gasteiger partial charge in [-0.2, -0.15) is 12.6 Å². The van der Waals surface area contributed by atoms with Gasteiger partial charge in [0, 0.05) is 13.1 Å². The molecule has 2 nitrogen and oxygen atoms in total. The minimum atomic E-state index is -0.152. The van der Waals surface area contributed by atoms with Gasteiger partial charge in [0.05, 0.1) is 5.25 Å². The summed E-state index contributed by atoms with van der Waals surface area (Å²) in [6.45, 7) is 6.20. The van der Waals surface area contributed by atoms with Crippen LogP contribution < -0.4 is 0 Å². The standard InChI is InChI=1S/C11H21NOS/c1-7(2)10(14)11(13)12(4)8(3)9-5-6-9/h7-10,14H,5-6H2,1-4H3. The maximum Gasteiger partial charge on any atom is 0.235 e. The van der Waals surface area contributed by atoms with Gasteiger partial charge in [-0.05, 0) is 31.6 Å². The van der Waals surface area contributed by atoms with E-state index in [1.807, 2.05) is 25.8 Å². The Kier molecular flexibility index (Phi) is 3.87. The molecule has 0 aliphatic heterocycles. The quantitative estimate of drug-likeness (QED) is 0.713. The Morgan fingerprint density at radius 2 is 1.86 bits per heavy atom. The Morgan fingerprint density at radius 1 is 1.36 bits per heavy atom. The summed E-state index contributed by atoms with van der Waals surface area (Å²) in [6, 6.07) is 0.385. The van der Waals surface area contributed by atoms with Crippen molar-refractivity contribution in [3.8, 4) is 0 Å². The number of thiol groups is 1. The van der Waals surface area contributed by atoms with Crippen LogP contribution in [0.5, 0.6) is 0 Å². The topological polar surface area (TPSA) is 20.3 Å². The van der Waals surface area contributed by atoms with Gasteiger partial charge in [0.1, 0.15) is 0 Å². The molecular weight excluding hydrogens is 194 g/mol. The van der Waals surface area contributed by atoms with Gasteiger partial charge in [-0.25, -0.2) is 0 Å². The Balaban J connectivity index is 2.50. The molecule has 1 aliphatic rings. The lowest BCUT2D eigenvalue weighted by Crippen LogP contribution is -2.42. The summed E-state index contributed by atoms with van der Waals surface area (Å²) in [5.41, 5.74) is 0. The maximum atomic E-state index is 11.9. The molecular formula is C11H21NOS. The molecule has 82 valence electrons. The largest absolute Gasteiger partial charge is 0.342 e. The molecule has 1 rings (SSSR count). The lowest BCUT2D eigenvalue weighted by atomic mass is 10.1. The highest BCUT2D eigenvalue weighted by Gasteiger charge is 2.34. The molecule has 1 aliphatic carbocycles. The molecule has 0 radical (unpaired) electrons. The van der Waals surface area contributed by atoms with Crippen molar-refractivity contribution >= 4 is 18.5 Å². The fourth-order valence-corrected chi connectivity index (χ4v) is 1.77. The van der Waals surface area contributed by atoms with Crippen LogP contribution in [0.4, 0.5) is 0 Å². The average molecular weight is 215 g/mol. The minimum absolute atomic E-state index is 0.152. The molecule has 3 heteroatoms. The van der Waals surface area contributed by atoms with E-state index >= 15 is 0 Å². The molecule has 2 unspecified atom stereocenters. The van der Waals surface area contributed by atoms with Crippen molar-refractivity contribution in [1.29, 1.82) is 0 Å². The molecule has 1 fully saturated rings. The summed E-state index contributed by atoms with van der Waals surface area (Å²) < 4.78 is 0. The second-order valence-electron chi connectivity index (χ2n) is 4.72. The summed E-state index contributed by atoms with van der Waals surface area (Å²) in [6.07, 6.45) is 2.55. The Morgan fingerprint density at radius 3 is 2.21 bits per heavy atom. The summed E-state index contributed by atoms with van der Waals surface area (Å²) >= 11 is 4.35. The molecule has 0 heterocycles. The van der Waals surface area contributed by atoms with Crippen LogP contribution in [0.15, 0.2) is 0 Å². The molecule has 0 saturated heterocycles. The molecule has 0 aromatic heterocycles. The number of nitrogens with zero attached hydrogens (tertiary/aromatic N) is 1. The van der Waals surface area contributed by atoms with E-state index in [2.05, 4.69) is 19.6 Å². The van der Waals surface area contributed by atoms with Gasteiger partial charge in [-0.3, -0.25) is 4.79 Å². The van der Waals surface area contributed by atoms with Crippen LogP contribution in [-0.2, 0) is 4.79 Å². The molecule has 0 aromatic rings. The van der Waals surface area contributed by atoms with Crippen molar-refractivity contribution in [2.75, 3.05) is 7.05 Å². The monoisotopic (exact) mass is 215 g/mol. The SMILES string of the molecule is CC(C)C(S)C(=O)N(C)C(C)C1CC1. The Hall–Kier alpha value is -0.180. The minimum Gasteiger partial charge on any atom is -0.342 e. The van der Waals surface area contributed by atoms with Crippen LogP contribution in [0, 0.1) is 11.8 Å². The summed E-state index contributed by atoms with van der Waals surface area (Å²) in [5.74, 6) is 1.21. The molecule has 1 saturated carbocycles. The van der Waals surface area contributed by atoms with E-state index in [1.165, 1.54) is 12.8 Å². The summed E-state index contributed by atoms with van der Waals surface area (Å²) in [4.78, 5) is 13.8.